The molecule has 1 aromatic carbocycles. The Kier molecular flexibility index (Phi) is 4.19. The summed E-state index contributed by atoms with van der Waals surface area (Å²) in [5.41, 5.74) is 5.04. The third-order valence-electron chi connectivity index (χ3n) is 3.32. The quantitative estimate of drug-likeness (QED) is 0.850. The highest BCUT2D eigenvalue weighted by Crippen LogP contribution is 2.29. The Morgan fingerprint density at radius 1 is 1.06 bits per heavy atom. The summed E-state index contributed by atoms with van der Waals surface area (Å²) < 4.78 is 0. The van der Waals surface area contributed by atoms with E-state index in [1.165, 1.54) is 22.3 Å². The van der Waals surface area contributed by atoms with E-state index in [1.54, 1.807) is 0 Å². The summed E-state index contributed by atoms with van der Waals surface area (Å²) in [6, 6.07) is 8.40. The van der Waals surface area contributed by atoms with Crippen molar-refractivity contribution in [3.05, 3.63) is 35.5 Å². The van der Waals surface area contributed by atoms with Crippen LogP contribution in [0.3, 0.4) is 0 Å². The van der Waals surface area contributed by atoms with Crippen molar-refractivity contribution in [3.63, 3.8) is 0 Å². The molecule has 0 saturated carbocycles. The lowest BCUT2D eigenvalue weighted by atomic mass is 9.99. The first kappa shape index (κ1) is 12.9. The Morgan fingerprint density at radius 3 is 2.44 bits per heavy atom. The van der Waals surface area contributed by atoms with Gasteiger partial charge in [0.05, 0.1) is 5.52 Å². The van der Waals surface area contributed by atoms with Gasteiger partial charge in [0.2, 0.25) is 0 Å². The van der Waals surface area contributed by atoms with Crippen LogP contribution in [0.15, 0.2) is 24.3 Å². The minimum absolute atomic E-state index is 1.06. The molecule has 2 heteroatoms. The third-order valence-corrected chi connectivity index (χ3v) is 3.32. The van der Waals surface area contributed by atoms with Gasteiger partial charge in [-0.3, -0.25) is 4.98 Å². The molecule has 18 heavy (non-hydrogen) atoms. The Bertz CT molecular complexity index is 532. The second kappa shape index (κ2) is 5.85. The molecule has 0 atom stereocenters. The van der Waals surface area contributed by atoms with Crippen LogP contribution in [0.25, 0.3) is 10.9 Å². The van der Waals surface area contributed by atoms with E-state index in [2.05, 4.69) is 43.4 Å². The maximum absolute atomic E-state index is 4.85. The van der Waals surface area contributed by atoms with E-state index in [4.69, 9.17) is 4.98 Å². The maximum Gasteiger partial charge on any atom is 0.0726 e. The zero-order valence-electron chi connectivity index (χ0n) is 11.6. The largest absolute Gasteiger partial charge is 0.387 e. The number of anilines is 1. The maximum atomic E-state index is 4.85. The van der Waals surface area contributed by atoms with Crippen molar-refractivity contribution in [1.82, 2.24) is 4.98 Å². The number of aryl methyl sites for hydroxylation is 1. The topological polar surface area (TPSA) is 24.9 Å². The van der Waals surface area contributed by atoms with Gasteiger partial charge in [0.25, 0.3) is 0 Å². The van der Waals surface area contributed by atoms with Crippen LogP contribution in [-0.4, -0.2) is 12.0 Å². The van der Waals surface area contributed by atoms with Crippen molar-refractivity contribution in [2.45, 2.75) is 39.5 Å². The average Bonchev–Trinajstić information content (AvgIpc) is 2.40. The molecular weight excluding hydrogens is 220 g/mol. The molecule has 0 saturated heterocycles. The van der Waals surface area contributed by atoms with E-state index in [-0.39, 0.29) is 0 Å². The van der Waals surface area contributed by atoms with Crippen LogP contribution >= 0.6 is 0 Å². The smallest absolute Gasteiger partial charge is 0.0726 e. The molecule has 1 aromatic heterocycles. The molecule has 0 amide bonds. The van der Waals surface area contributed by atoms with Crippen molar-refractivity contribution in [3.8, 4) is 0 Å². The average molecular weight is 242 g/mol. The van der Waals surface area contributed by atoms with Crippen molar-refractivity contribution >= 4 is 16.6 Å². The summed E-state index contributed by atoms with van der Waals surface area (Å²) in [5.74, 6) is 0. The normalized spacial score (nSPS) is 10.8. The minimum Gasteiger partial charge on any atom is -0.387 e. The fraction of sp³-hybridized carbons (Fsp3) is 0.438. The van der Waals surface area contributed by atoms with Crippen LogP contribution in [0.1, 0.15) is 37.9 Å². The molecule has 0 spiro atoms. The molecule has 0 aliphatic heterocycles. The summed E-state index contributed by atoms with van der Waals surface area (Å²) in [6.45, 7) is 4.44. The predicted molar refractivity (Wildman–Crippen MR) is 79.3 cm³/mol. The van der Waals surface area contributed by atoms with Gasteiger partial charge in [0.1, 0.15) is 0 Å². The number of hydrogen-bond donors (Lipinski definition) is 1. The summed E-state index contributed by atoms with van der Waals surface area (Å²) in [4.78, 5) is 4.85. The van der Waals surface area contributed by atoms with Crippen LogP contribution in [0.2, 0.25) is 0 Å². The molecular formula is C16H22N2. The van der Waals surface area contributed by atoms with E-state index in [0.717, 1.165) is 31.2 Å². The van der Waals surface area contributed by atoms with Gasteiger partial charge in [-0.15, -0.1) is 0 Å². The van der Waals surface area contributed by atoms with Gasteiger partial charge in [-0.25, -0.2) is 0 Å². The SMILES string of the molecule is CCCc1nc2ccccc2c(NC)c1CCC. The highest BCUT2D eigenvalue weighted by molar-refractivity contribution is 5.93. The zero-order chi connectivity index (χ0) is 13.0. The van der Waals surface area contributed by atoms with Gasteiger partial charge < -0.3 is 5.32 Å². The van der Waals surface area contributed by atoms with Crippen LogP contribution < -0.4 is 5.32 Å². The van der Waals surface area contributed by atoms with Gasteiger partial charge >= 0.3 is 0 Å². The highest BCUT2D eigenvalue weighted by Gasteiger charge is 2.12. The van der Waals surface area contributed by atoms with Crippen LogP contribution in [0.4, 0.5) is 5.69 Å². The standard InChI is InChI=1S/C16H22N2/c1-4-8-12-14(9-5-2)18-15-11-7-6-10-13(15)16(12)17-3/h6-7,10-11H,4-5,8-9H2,1-3H3,(H,17,18). The second-order valence-electron chi connectivity index (χ2n) is 4.68. The number of nitrogens with zero attached hydrogens (tertiary/aromatic N) is 1. The van der Waals surface area contributed by atoms with Crippen molar-refractivity contribution in [2.75, 3.05) is 12.4 Å². The Balaban J connectivity index is 2.69. The van der Waals surface area contributed by atoms with Gasteiger partial charge in [-0.1, -0.05) is 44.9 Å². The fourth-order valence-corrected chi connectivity index (χ4v) is 2.55. The number of pyridine rings is 1. The van der Waals surface area contributed by atoms with Crippen LogP contribution in [0.5, 0.6) is 0 Å². The lowest BCUT2D eigenvalue weighted by Gasteiger charge is -2.16. The monoisotopic (exact) mass is 242 g/mol. The molecule has 0 unspecified atom stereocenters. The van der Waals surface area contributed by atoms with E-state index >= 15 is 0 Å². The van der Waals surface area contributed by atoms with Gasteiger partial charge in [-0.05, 0) is 24.5 Å². The van der Waals surface area contributed by atoms with Crippen molar-refractivity contribution in [1.29, 1.82) is 0 Å². The molecule has 2 aromatic rings. The first-order valence-electron chi connectivity index (χ1n) is 6.90. The Hall–Kier alpha value is -1.57. The van der Waals surface area contributed by atoms with Gasteiger partial charge in [0.15, 0.2) is 0 Å². The minimum atomic E-state index is 1.06. The lowest BCUT2D eigenvalue weighted by molar-refractivity contribution is 0.837. The van der Waals surface area contributed by atoms with Crippen molar-refractivity contribution in [2.24, 2.45) is 0 Å². The summed E-state index contributed by atoms with van der Waals surface area (Å²) in [7, 11) is 2.01. The highest BCUT2D eigenvalue weighted by atomic mass is 14.8. The third kappa shape index (κ3) is 2.33. The Labute approximate surface area is 109 Å². The molecule has 0 aliphatic rings. The van der Waals surface area contributed by atoms with Gasteiger partial charge in [-0.2, -0.15) is 0 Å². The first-order valence-corrected chi connectivity index (χ1v) is 6.90. The number of nitrogens with one attached hydrogen (secondary N) is 1. The first-order chi connectivity index (χ1) is 8.81. The van der Waals surface area contributed by atoms with E-state index < -0.39 is 0 Å². The molecule has 2 nitrogen and oxygen atoms in total. The van der Waals surface area contributed by atoms with Gasteiger partial charge in [0, 0.05) is 23.8 Å². The Morgan fingerprint density at radius 2 is 1.78 bits per heavy atom. The molecule has 0 aliphatic carbocycles. The molecule has 96 valence electrons. The number of hydrogen-bond acceptors (Lipinski definition) is 2. The molecule has 1 heterocycles. The molecule has 1 N–H and O–H groups in total. The van der Waals surface area contributed by atoms with Crippen LogP contribution in [-0.2, 0) is 12.8 Å². The second-order valence-corrected chi connectivity index (χ2v) is 4.68. The van der Waals surface area contributed by atoms with E-state index in [1.807, 2.05) is 7.05 Å². The zero-order valence-corrected chi connectivity index (χ0v) is 11.6. The number of benzene rings is 1. The molecule has 0 bridgehead atoms. The van der Waals surface area contributed by atoms with Crippen molar-refractivity contribution < 1.29 is 0 Å². The fourth-order valence-electron chi connectivity index (χ4n) is 2.55. The molecule has 0 radical (unpaired) electrons. The number of aromatic nitrogens is 1. The lowest BCUT2D eigenvalue weighted by Crippen LogP contribution is -2.04. The number of rotatable bonds is 5. The van der Waals surface area contributed by atoms with E-state index in [0.29, 0.717) is 0 Å². The molecule has 0 fully saturated rings. The number of para-hydroxylation sites is 1. The summed E-state index contributed by atoms with van der Waals surface area (Å²) >= 11 is 0. The summed E-state index contributed by atoms with van der Waals surface area (Å²) in [5, 5.41) is 4.62. The predicted octanol–water partition coefficient (Wildman–Crippen LogP) is 4.18. The summed E-state index contributed by atoms with van der Waals surface area (Å²) in [6.07, 6.45) is 4.47. The van der Waals surface area contributed by atoms with E-state index in [9.17, 15) is 0 Å². The molecule has 2 rings (SSSR count). The van der Waals surface area contributed by atoms with Crippen LogP contribution in [0, 0.1) is 0 Å². The number of fused-ring (bicyclic) bond motifs is 1.